The van der Waals surface area contributed by atoms with Crippen molar-refractivity contribution in [2.45, 2.75) is 50.4 Å². The van der Waals surface area contributed by atoms with Crippen LogP contribution >= 0.6 is 11.8 Å². The lowest BCUT2D eigenvalue weighted by Gasteiger charge is -2.39. The highest BCUT2D eigenvalue weighted by atomic mass is 32.2. The fourth-order valence-corrected chi connectivity index (χ4v) is 4.04. The van der Waals surface area contributed by atoms with Crippen LogP contribution in [0.4, 0.5) is 4.39 Å². The zero-order chi connectivity index (χ0) is 18.0. The number of halogens is 1. The number of nitrogens with zero attached hydrogens (tertiary/aromatic N) is 4. The molecule has 25 heavy (non-hydrogen) atoms. The van der Waals surface area contributed by atoms with E-state index in [1.54, 1.807) is 12.1 Å². The van der Waals surface area contributed by atoms with Crippen LogP contribution in [-0.2, 0) is 4.79 Å². The molecular formula is C17H22FN5OS. The second-order valence-corrected chi connectivity index (χ2v) is 7.35. The number of nitrogen functional groups attached to an aromatic ring is 1. The first kappa shape index (κ1) is 17.7. The van der Waals surface area contributed by atoms with Gasteiger partial charge in [0.25, 0.3) is 0 Å². The van der Waals surface area contributed by atoms with Gasteiger partial charge in [0.05, 0.1) is 5.75 Å². The van der Waals surface area contributed by atoms with Crippen LogP contribution in [-0.4, -0.2) is 43.5 Å². The van der Waals surface area contributed by atoms with E-state index < -0.39 is 0 Å². The molecule has 2 heterocycles. The lowest BCUT2D eigenvalue weighted by Crippen LogP contribution is -2.48. The number of aromatic nitrogens is 3. The molecule has 134 valence electrons. The van der Waals surface area contributed by atoms with Gasteiger partial charge < -0.3 is 10.7 Å². The minimum Gasteiger partial charge on any atom is -0.337 e. The third kappa shape index (κ3) is 3.78. The van der Waals surface area contributed by atoms with E-state index in [0.717, 1.165) is 19.3 Å². The van der Waals surface area contributed by atoms with E-state index in [9.17, 15) is 9.18 Å². The minimum atomic E-state index is -0.363. The highest BCUT2D eigenvalue weighted by Gasteiger charge is 2.29. The van der Waals surface area contributed by atoms with Crippen LogP contribution in [0.15, 0.2) is 29.4 Å². The van der Waals surface area contributed by atoms with Crippen molar-refractivity contribution in [1.29, 1.82) is 0 Å². The predicted octanol–water partition coefficient (Wildman–Crippen LogP) is 2.68. The van der Waals surface area contributed by atoms with Crippen LogP contribution in [0, 0.1) is 5.82 Å². The van der Waals surface area contributed by atoms with E-state index in [-0.39, 0.29) is 29.6 Å². The summed E-state index contributed by atoms with van der Waals surface area (Å²) in [5.41, 5.74) is 0.548. The highest BCUT2D eigenvalue weighted by Crippen LogP contribution is 2.26. The Balaban J connectivity index is 1.69. The average molecular weight is 363 g/mol. The summed E-state index contributed by atoms with van der Waals surface area (Å²) in [7, 11) is 0. The first-order chi connectivity index (χ1) is 12.0. The maximum Gasteiger partial charge on any atom is 0.233 e. The summed E-state index contributed by atoms with van der Waals surface area (Å²) in [4.78, 5) is 14.5. The number of carbonyl (C=O) groups excluding carboxylic acids is 1. The van der Waals surface area contributed by atoms with Gasteiger partial charge >= 0.3 is 0 Å². The standard InChI is InChI=1S/C17H22FN5OS/c1-11-5-3-6-12(2)22(11)15(24)10-25-17-21-20-16(23(17)19)13-7-4-8-14(18)9-13/h4,7-9,11-12H,3,5-6,10,19H2,1-2H3/t11-,12-/m1/s1. The van der Waals surface area contributed by atoms with Gasteiger partial charge in [0.15, 0.2) is 5.82 Å². The number of rotatable bonds is 4. The lowest BCUT2D eigenvalue weighted by atomic mass is 9.98. The molecule has 0 saturated carbocycles. The summed E-state index contributed by atoms with van der Waals surface area (Å²) in [5, 5.41) is 8.49. The number of likely N-dealkylation sites (tertiary alicyclic amines) is 1. The number of thioether (sulfide) groups is 1. The van der Waals surface area contributed by atoms with E-state index in [1.165, 1.54) is 28.6 Å². The summed E-state index contributed by atoms with van der Waals surface area (Å²) in [5.74, 6) is 6.38. The zero-order valence-electron chi connectivity index (χ0n) is 14.4. The Labute approximate surface area is 150 Å². The number of hydrogen-bond acceptors (Lipinski definition) is 5. The van der Waals surface area contributed by atoms with E-state index >= 15 is 0 Å². The van der Waals surface area contributed by atoms with Crippen LogP contribution in [0.1, 0.15) is 33.1 Å². The van der Waals surface area contributed by atoms with Crippen LogP contribution in [0.25, 0.3) is 11.4 Å². The van der Waals surface area contributed by atoms with Crippen LogP contribution in [0.3, 0.4) is 0 Å². The Hall–Kier alpha value is -2.09. The summed E-state index contributed by atoms with van der Waals surface area (Å²) >= 11 is 1.25. The van der Waals surface area contributed by atoms with Gasteiger partial charge in [-0.25, -0.2) is 9.07 Å². The Morgan fingerprint density at radius 3 is 2.72 bits per heavy atom. The van der Waals surface area contributed by atoms with Gasteiger partial charge in [-0.05, 0) is 45.2 Å². The van der Waals surface area contributed by atoms with Gasteiger partial charge in [0, 0.05) is 17.6 Å². The van der Waals surface area contributed by atoms with E-state index in [4.69, 9.17) is 5.84 Å². The van der Waals surface area contributed by atoms with Crippen molar-refractivity contribution in [3.05, 3.63) is 30.1 Å². The van der Waals surface area contributed by atoms with E-state index in [0.29, 0.717) is 16.5 Å². The normalized spacial score (nSPS) is 20.7. The number of benzene rings is 1. The smallest absolute Gasteiger partial charge is 0.233 e. The molecule has 6 nitrogen and oxygen atoms in total. The molecule has 0 radical (unpaired) electrons. The van der Waals surface area contributed by atoms with E-state index in [2.05, 4.69) is 24.0 Å². The van der Waals surface area contributed by atoms with Gasteiger partial charge in [0.1, 0.15) is 5.82 Å². The Bertz CT molecular complexity index is 755. The van der Waals surface area contributed by atoms with Crippen molar-refractivity contribution in [1.82, 2.24) is 19.8 Å². The number of amides is 1. The van der Waals surface area contributed by atoms with Crippen molar-refractivity contribution in [3.63, 3.8) is 0 Å². The molecule has 1 aliphatic heterocycles. The summed E-state index contributed by atoms with van der Waals surface area (Å²) in [6, 6.07) is 6.54. The van der Waals surface area contributed by atoms with Gasteiger partial charge in [-0.15, -0.1) is 10.2 Å². The molecule has 0 bridgehead atoms. The molecule has 8 heteroatoms. The van der Waals surface area contributed by atoms with Crippen molar-refractivity contribution in [2.24, 2.45) is 0 Å². The third-order valence-electron chi connectivity index (χ3n) is 4.55. The SMILES string of the molecule is C[C@@H]1CCC[C@@H](C)N1C(=O)CSc1nnc(-c2cccc(F)c2)n1N. The van der Waals surface area contributed by atoms with Crippen molar-refractivity contribution < 1.29 is 9.18 Å². The summed E-state index contributed by atoms with van der Waals surface area (Å²) < 4.78 is 14.7. The van der Waals surface area contributed by atoms with E-state index in [1.807, 2.05) is 4.90 Å². The molecular weight excluding hydrogens is 341 g/mol. The molecule has 0 aliphatic carbocycles. The van der Waals surface area contributed by atoms with Crippen molar-refractivity contribution >= 4 is 17.7 Å². The first-order valence-corrected chi connectivity index (χ1v) is 9.36. The zero-order valence-corrected chi connectivity index (χ0v) is 15.2. The topological polar surface area (TPSA) is 77.0 Å². The molecule has 1 amide bonds. The minimum absolute atomic E-state index is 0.0833. The molecule has 0 spiro atoms. The fraction of sp³-hybridized carbons (Fsp3) is 0.471. The predicted molar refractivity (Wildman–Crippen MR) is 95.9 cm³/mol. The lowest BCUT2D eigenvalue weighted by molar-refractivity contribution is -0.134. The maximum atomic E-state index is 13.4. The molecule has 2 N–H and O–H groups in total. The molecule has 1 saturated heterocycles. The van der Waals surface area contributed by atoms with Crippen molar-refractivity contribution in [3.8, 4) is 11.4 Å². The second-order valence-electron chi connectivity index (χ2n) is 6.41. The molecule has 3 rings (SSSR count). The van der Waals surface area contributed by atoms with Gasteiger partial charge in [-0.3, -0.25) is 4.79 Å². The maximum absolute atomic E-state index is 13.4. The molecule has 1 aromatic heterocycles. The molecule has 1 aromatic carbocycles. The third-order valence-corrected chi connectivity index (χ3v) is 5.48. The summed E-state index contributed by atoms with van der Waals surface area (Å²) in [6.45, 7) is 4.18. The molecule has 0 unspecified atom stereocenters. The Morgan fingerprint density at radius 1 is 1.32 bits per heavy atom. The van der Waals surface area contributed by atoms with Gasteiger partial charge in [-0.2, -0.15) is 0 Å². The van der Waals surface area contributed by atoms with Crippen LogP contribution in [0.2, 0.25) is 0 Å². The largest absolute Gasteiger partial charge is 0.337 e. The molecule has 2 atom stereocenters. The van der Waals surface area contributed by atoms with Gasteiger partial charge in [-0.1, -0.05) is 23.9 Å². The number of carbonyl (C=O) groups is 1. The quantitative estimate of drug-likeness (QED) is 0.667. The van der Waals surface area contributed by atoms with Crippen molar-refractivity contribution in [2.75, 3.05) is 11.6 Å². The highest BCUT2D eigenvalue weighted by molar-refractivity contribution is 7.99. The molecule has 2 aromatic rings. The Morgan fingerprint density at radius 2 is 2.04 bits per heavy atom. The number of nitrogens with two attached hydrogens (primary N) is 1. The number of hydrogen-bond donors (Lipinski definition) is 1. The monoisotopic (exact) mass is 363 g/mol. The molecule has 1 aliphatic rings. The van der Waals surface area contributed by atoms with Gasteiger partial charge in [0.2, 0.25) is 11.1 Å². The average Bonchev–Trinajstić information content (AvgIpc) is 2.93. The summed E-state index contributed by atoms with van der Waals surface area (Å²) in [6.07, 6.45) is 3.24. The second kappa shape index (κ2) is 7.43. The fourth-order valence-electron chi connectivity index (χ4n) is 3.31. The Kier molecular flexibility index (Phi) is 5.27. The first-order valence-electron chi connectivity index (χ1n) is 8.37. The van der Waals surface area contributed by atoms with Crippen LogP contribution in [0.5, 0.6) is 0 Å². The van der Waals surface area contributed by atoms with Crippen LogP contribution < -0.4 is 5.84 Å². The number of piperidine rings is 1. The molecule has 1 fully saturated rings.